The van der Waals surface area contributed by atoms with E-state index in [-0.39, 0.29) is 30.9 Å². The summed E-state index contributed by atoms with van der Waals surface area (Å²) in [5.41, 5.74) is 1.69. The van der Waals surface area contributed by atoms with Crippen molar-refractivity contribution in [2.75, 3.05) is 32.6 Å². The van der Waals surface area contributed by atoms with Gasteiger partial charge >= 0.3 is 0 Å². The van der Waals surface area contributed by atoms with E-state index in [0.29, 0.717) is 11.4 Å². The summed E-state index contributed by atoms with van der Waals surface area (Å²) in [6, 6.07) is 20.9. The lowest BCUT2D eigenvalue weighted by molar-refractivity contribution is -0.862. The molecule has 0 spiro atoms. The number of nitrogens with one attached hydrogen (secondary N) is 3. The first-order valence-electron chi connectivity index (χ1n) is 9.68. The van der Waals surface area contributed by atoms with Crippen molar-refractivity contribution in [2.24, 2.45) is 0 Å². The summed E-state index contributed by atoms with van der Waals surface area (Å²) in [6.07, 6.45) is 0. The standard InChI is InChI=1S/C23H25N3O3S/c1-26(15-21(27)24-18-10-6-11-19(14-18)29-2)16-22(28)25-23(20-12-7-13-30-20)17-8-4-3-5-9-17/h3-14,23H,15-16H2,1-2H3,(H,24,27)(H,25,28)/p+1/t23-/m0/s1. The van der Waals surface area contributed by atoms with Crippen LogP contribution >= 0.6 is 11.3 Å². The Kier molecular flexibility index (Phi) is 7.59. The lowest BCUT2D eigenvalue weighted by atomic mass is 10.1. The Morgan fingerprint density at radius 2 is 1.77 bits per heavy atom. The highest BCUT2D eigenvalue weighted by Crippen LogP contribution is 2.25. The van der Waals surface area contributed by atoms with Gasteiger partial charge in [0.25, 0.3) is 11.8 Å². The number of rotatable bonds is 9. The summed E-state index contributed by atoms with van der Waals surface area (Å²) < 4.78 is 5.17. The fourth-order valence-electron chi connectivity index (χ4n) is 3.15. The third-order valence-electron chi connectivity index (χ3n) is 4.54. The van der Waals surface area contributed by atoms with Crippen molar-refractivity contribution in [1.82, 2.24) is 5.32 Å². The van der Waals surface area contributed by atoms with E-state index >= 15 is 0 Å². The van der Waals surface area contributed by atoms with Gasteiger partial charge < -0.3 is 20.3 Å². The van der Waals surface area contributed by atoms with Crippen molar-refractivity contribution in [2.45, 2.75) is 6.04 Å². The van der Waals surface area contributed by atoms with Crippen molar-refractivity contribution in [1.29, 1.82) is 0 Å². The van der Waals surface area contributed by atoms with Crippen LogP contribution in [-0.4, -0.2) is 39.1 Å². The van der Waals surface area contributed by atoms with Gasteiger partial charge in [-0.3, -0.25) is 9.59 Å². The molecule has 1 aromatic heterocycles. The van der Waals surface area contributed by atoms with Gasteiger partial charge in [-0.1, -0.05) is 42.5 Å². The van der Waals surface area contributed by atoms with Gasteiger partial charge in [0.1, 0.15) is 5.75 Å². The Bertz CT molecular complexity index is 961. The average molecular weight is 425 g/mol. The molecular formula is C23H26N3O3S+. The molecule has 3 rings (SSSR count). The molecule has 2 aromatic carbocycles. The maximum atomic E-state index is 12.7. The summed E-state index contributed by atoms with van der Waals surface area (Å²) in [4.78, 5) is 26.9. The number of hydrogen-bond acceptors (Lipinski definition) is 4. The Labute approximate surface area is 180 Å². The van der Waals surface area contributed by atoms with Crippen LogP contribution in [0.2, 0.25) is 0 Å². The van der Waals surface area contributed by atoms with Gasteiger partial charge in [-0.25, -0.2) is 0 Å². The Morgan fingerprint density at radius 3 is 2.47 bits per heavy atom. The molecule has 3 N–H and O–H groups in total. The number of likely N-dealkylation sites (N-methyl/N-ethyl adjacent to an activating group) is 1. The van der Waals surface area contributed by atoms with Gasteiger partial charge in [0.05, 0.1) is 20.2 Å². The second-order valence-corrected chi connectivity index (χ2v) is 8.00. The number of quaternary nitrogens is 1. The van der Waals surface area contributed by atoms with Crippen molar-refractivity contribution < 1.29 is 19.2 Å². The van der Waals surface area contributed by atoms with Crippen LogP contribution in [0.4, 0.5) is 5.69 Å². The summed E-state index contributed by atoms with van der Waals surface area (Å²) in [5.74, 6) is 0.406. The zero-order valence-electron chi connectivity index (χ0n) is 17.1. The number of anilines is 1. The number of ether oxygens (including phenoxy) is 1. The Balaban J connectivity index is 1.55. The lowest BCUT2D eigenvalue weighted by Gasteiger charge is -2.20. The molecule has 1 heterocycles. The minimum absolute atomic E-state index is 0.107. The quantitative estimate of drug-likeness (QED) is 0.493. The predicted octanol–water partition coefficient (Wildman–Crippen LogP) is 2.12. The number of amides is 2. The molecule has 2 amide bonds. The molecule has 3 aromatic rings. The molecule has 0 saturated heterocycles. The third kappa shape index (κ3) is 6.17. The fourth-order valence-corrected chi connectivity index (χ4v) is 3.95. The van der Waals surface area contributed by atoms with E-state index < -0.39 is 0 Å². The summed E-state index contributed by atoms with van der Waals surface area (Å²) in [6.45, 7) is 0.375. The molecule has 0 radical (unpaired) electrons. The van der Waals surface area contributed by atoms with Crippen LogP contribution in [0.1, 0.15) is 16.5 Å². The van der Waals surface area contributed by atoms with Crippen LogP contribution in [0.25, 0.3) is 0 Å². The molecule has 0 saturated carbocycles. The fraction of sp³-hybridized carbons (Fsp3) is 0.217. The smallest absolute Gasteiger partial charge is 0.279 e. The first-order valence-corrected chi connectivity index (χ1v) is 10.6. The molecule has 7 heteroatoms. The first kappa shape index (κ1) is 21.5. The van der Waals surface area contributed by atoms with Crippen LogP contribution < -0.4 is 20.3 Å². The molecule has 0 aliphatic carbocycles. The molecule has 30 heavy (non-hydrogen) atoms. The monoisotopic (exact) mass is 424 g/mol. The Morgan fingerprint density at radius 1 is 1.00 bits per heavy atom. The largest absolute Gasteiger partial charge is 0.497 e. The van der Waals surface area contributed by atoms with Crippen molar-refractivity contribution >= 4 is 28.8 Å². The average Bonchev–Trinajstić information content (AvgIpc) is 3.27. The van der Waals surface area contributed by atoms with E-state index in [1.54, 1.807) is 30.6 Å². The van der Waals surface area contributed by atoms with E-state index in [2.05, 4.69) is 10.6 Å². The van der Waals surface area contributed by atoms with Gasteiger partial charge in [0, 0.05) is 16.6 Å². The second-order valence-electron chi connectivity index (χ2n) is 7.02. The van der Waals surface area contributed by atoms with Crippen molar-refractivity contribution in [3.8, 4) is 5.75 Å². The predicted molar refractivity (Wildman–Crippen MR) is 119 cm³/mol. The van der Waals surface area contributed by atoms with Gasteiger partial charge in [0.15, 0.2) is 13.1 Å². The highest BCUT2D eigenvalue weighted by atomic mass is 32.1. The normalized spacial score (nSPS) is 12.6. The van der Waals surface area contributed by atoms with E-state index in [1.165, 1.54) is 0 Å². The molecule has 0 aliphatic rings. The van der Waals surface area contributed by atoms with Crippen LogP contribution in [-0.2, 0) is 9.59 Å². The van der Waals surface area contributed by atoms with Gasteiger partial charge in [-0.15, -0.1) is 11.3 Å². The zero-order chi connectivity index (χ0) is 21.3. The van der Waals surface area contributed by atoms with Crippen LogP contribution in [0.15, 0.2) is 72.1 Å². The number of carbonyl (C=O) groups excluding carboxylic acids is 2. The molecule has 6 nitrogen and oxygen atoms in total. The molecule has 156 valence electrons. The van der Waals surface area contributed by atoms with Crippen LogP contribution in [0.5, 0.6) is 5.75 Å². The van der Waals surface area contributed by atoms with Gasteiger partial charge in [-0.2, -0.15) is 0 Å². The van der Waals surface area contributed by atoms with Gasteiger partial charge in [0.2, 0.25) is 0 Å². The van der Waals surface area contributed by atoms with Crippen molar-refractivity contribution in [3.05, 3.63) is 82.6 Å². The van der Waals surface area contributed by atoms with E-state index in [0.717, 1.165) is 15.3 Å². The van der Waals surface area contributed by atoms with Crippen molar-refractivity contribution in [3.63, 3.8) is 0 Å². The van der Waals surface area contributed by atoms with E-state index in [4.69, 9.17) is 4.74 Å². The number of hydrogen-bond donors (Lipinski definition) is 3. The highest BCUT2D eigenvalue weighted by Gasteiger charge is 2.21. The van der Waals surface area contributed by atoms with E-state index in [9.17, 15) is 9.59 Å². The second kappa shape index (κ2) is 10.6. The summed E-state index contributed by atoms with van der Waals surface area (Å²) >= 11 is 1.61. The highest BCUT2D eigenvalue weighted by molar-refractivity contribution is 7.10. The number of methoxy groups -OCH3 is 1. The molecule has 1 unspecified atom stereocenters. The first-order chi connectivity index (χ1) is 14.5. The van der Waals surface area contributed by atoms with Crippen LogP contribution in [0, 0.1) is 0 Å². The Hall–Kier alpha value is -3.16. The number of carbonyl (C=O) groups is 2. The summed E-state index contributed by atoms with van der Waals surface area (Å²) in [7, 11) is 3.41. The molecule has 2 atom stereocenters. The molecule has 0 fully saturated rings. The topological polar surface area (TPSA) is 71.9 Å². The maximum absolute atomic E-state index is 12.7. The molecule has 0 aliphatic heterocycles. The van der Waals surface area contributed by atoms with E-state index in [1.807, 2.05) is 67.0 Å². The van der Waals surface area contributed by atoms with Crippen LogP contribution in [0.3, 0.4) is 0 Å². The molecular weight excluding hydrogens is 398 g/mol. The zero-order valence-corrected chi connectivity index (χ0v) is 17.9. The lowest BCUT2D eigenvalue weighted by Crippen LogP contribution is -3.11. The number of benzene rings is 2. The minimum Gasteiger partial charge on any atom is -0.497 e. The summed E-state index contributed by atoms with van der Waals surface area (Å²) in [5, 5.41) is 7.94. The maximum Gasteiger partial charge on any atom is 0.279 e. The SMILES string of the molecule is COc1cccc(NC(=O)C[NH+](C)CC(=O)N[C@@H](c2ccccc2)c2cccs2)c1. The third-order valence-corrected chi connectivity index (χ3v) is 5.48. The minimum atomic E-state index is -0.197. The number of thiophene rings is 1. The van der Waals surface area contributed by atoms with Gasteiger partial charge in [-0.05, 0) is 29.1 Å². The molecule has 0 bridgehead atoms.